The molecule has 1 fully saturated rings. The third-order valence-corrected chi connectivity index (χ3v) is 1.96. The van der Waals surface area contributed by atoms with Gasteiger partial charge in [0.25, 0.3) is 0 Å². The molecule has 3 aliphatic rings. The topological polar surface area (TPSA) is 12.5 Å². The number of hydrogen-bond donors (Lipinski definition) is 0. The van der Waals surface area contributed by atoms with Crippen molar-refractivity contribution in [2.45, 2.75) is 25.7 Å². The van der Waals surface area contributed by atoms with E-state index in [1.54, 1.807) is 11.1 Å². The SMILES string of the molecule is C1CC2=C(C1)C2.C1CO1.[SiH4]. The maximum atomic E-state index is 4.50. The van der Waals surface area contributed by atoms with Crippen LogP contribution in [0.4, 0.5) is 0 Å². The Bertz CT molecular complexity index is 135. The van der Waals surface area contributed by atoms with Gasteiger partial charge >= 0.3 is 0 Å². The zero-order valence-corrected chi connectivity index (χ0v) is 5.65. The minimum absolute atomic E-state index is 0. The highest BCUT2D eigenvalue weighted by atomic mass is 28.1. The summed E-state index contributed by atoms with van der Waals surface area (Å²) in [5.41, 5.74) is 3.57. The average Bonchev–Trinajstić information content (AvgIpc) is 2.75. The lowest BCUT2D eigenvalue weighted by Crippen LogP contribution is -1.66. The summed E-state index contributed by atoms with van der Waals surface area (Å²) in [6.45, 7) is 2.00. The number of allylic oxidation sites excluding steroid dienone is 2. The normalized spacial score (nSPS) is 24.0. The van der Waals surface area contributed by atoms with Gasteiger partial charge in [0.15, 0.2) is 0 Å². The molecule has 0 aromatic heterocycles. The average molecular weight is 156 g/mol. The molecule has 2 heteroatoms. The quantitative estimate of drug-likeness (QED) is 0.282. The van der Waals surface area contributed by atoms with E-state index in [2.05, 4.69) is 4.74 Å². The number of ether oxygens (including phenoxy) is 1. The van der Waals surface area contributed by atoms with Crippen molar-refractivity contribution < 1.29 is 4.74 Å². The van der Waals surface area contributed by atoms with Gasteiger partial charge in [0, 0.05) is 0 Å². The van der Waals surface area contributed by atoms with Crippen molar-refractivity contribution >= 4 is 11.0 Å². The van der Waals surface area contributed by atoms with Crippen LogP contribution in [0.3, 0.4) is 0 Å². The Morgan fingerprint density at radius 2 is 1.50 bits per heavy atom. The Hall–Kier alpha value is -0.0831. The monoisotopic (exact) mass is 156 g/mol. The highest BCUT2D eigenvalue weighted by Gasteiger charge is 2.25. The molecule has 0 unspecified atom stereocenters. The van der Waals surface area contributed by atoms with Crippen molar-refractivity contribution in [1.82, 2.24) is 0 Å². The van der Waals surface area contributed by atoms with Crippen LogP contribution in [0.25, 0.3) is 0 Å². The first-order chi connectivity index (χ1) is 4.47. The molecule has 1 nitrogen and oxygen atoms in total. The lowest BCUT2D eigenvalue weighted by atomic mass is 10.2. The molecule has 1 heterocycles. The molecule has 0 N–H and O–H groups in total. The fraction of sp³-hybridized carbons (Fsp3) is 0.750. The first kappa shape index (κ1) is 8.02. The van der Waals surface area contributed by atoms with E-state index in [0.717, 1.165) is 13.2 Å². The van der Waals surface area contributed by atoms with E-state index in [9.17, 15) is 0 Å². The second-order valence-electron chi connectivity index (χ2n) is 2.85. The summed E-state index contributed by atoms with van der Waals surface area (Å²) in [5.74, 6) is 0. The standard InChI is InChI=1S/C6H8.C2H4O.H4Si/c1-2-5-4-6(5)3-1;1-2-3-1;/h1-4H2;1-2H2;1H4. The first-order valence-corrected chi connectivity index (χ1v) is 3.74. The second-order valence-corrected chi connectivity index (χ2v) is 2.85. The van der Waals surface area contributed by atoms with Crippen LogP contribution in [0.5, 0.6) is 0 Å². The Morgan fingerprint density at radius 1 is 1.00 bits per heavy atom. The summed E-state index contributed by atoms with van der Waals surface area (Å²) >= 11 is 0. The molecule has 58 valence electrons. The molecule has 0 bridgehead atoms. The van der Waals surface area contributed by atoms with Crippen LogP contribution in [-0.4, -0.2) is 24.2 Å². The van der Waals surface area contributed by atoms with Gasteiger partial charge in [0.05, 0.1) is 13.2 Å². The molecule has 1 aliphatic heterocycles. The van der Waals surface area contributed by atoms with E-state index in [4.69, 9.17) is 0 Å². The zero-order chi connectivity index (χ0) is 6.10. The number of epoxide rings is 1. The van der Waals surface area contributed by atoms with Crippen LogP contribution in [0.1, 0.15) is 25.7 Å². The third-order valence-electron chi connectivity index (χ3n) is 1.96. The largest absolute Gasteiger partial charge is 0.377 e. The van der Waals surface area contributed by atoms with Gasteiger partial charge in [0.1, 0.15) is 0 Å². The molecule has 0 radical (unpaired) electrons. The maximum absolute atomic E-state index is 4.50. The van der Waals surface area contributed by atoms with Crippen molar-refractivity contribution in [1.29, 1.82) is 0 Å². The lowest BCUT2D eigenvalue weighted by molar-refractivity contribution is 0.475. The van der Waals surface area contributed by atoms with Crippen LogP contribution in [0.15, 0.2) is 11.1 Å². The molecule has 2 aliphatic carbocycles. The van der Waals surface area contributed by atoms with E-state index in [0.29, 0.717) is 0 Å². The highest BCUT2D eigenvalue weighted by molar-refractivity contribution is 5.75. The summed E-state index contributed by atoms with van der Waals surface area (Å²) in [6, 6.07) is 0. The van der Waals surface area contributed by atoms with Gasteiger partial charge in [0.2, 0.25) is 0 Å². The van der Waals surface area contributed by atoms with Gasteiger partial charge in [-0.3, -0.25) is 0 Å². The third kappa shape index (κ3) is 2.27. The molecule has 10 heavy (non-hydrogen) atoms. The van der Waals surface area contributed by atoms with Gasteiger partial charge in [-0.1, -0.05) is 11.1 Å². The molecule has 0 amide bonds. The molecule has 1 saturated heterocycles. The van der Waals surface area contributed by atoms with Crippen molar-refractivity contribution in [3.05, 3.63) is 11.1 Å². The van der Waals surface area contributed by atoms with Crippen LogP contribution in [0.2, 0.25) is 0 Å². The van der Waals surface area contributed by atoms with Crippen LogP contribution in [0, 0.1) is 0 Å². The highest BCUT2D eigenvalue weighted by Crippen LogP contribution is 2.44. The van der Waals surface area contributed by atoms with Crippen LogP contribution >= 0.6 is 0 Å². The van der Waals surface area contributed by atoms with Crippen molar-refractivity contribution in [2.24, 2.45) is 0 Å². The van der Waals surface area contributed by atoms with E-state index >= 15 is 0 Å². The Kier molecular flexibility index (Phi) is 2.69. The molecule has 3 rings (SSSR count). The predicted molar refractivity (Wildman–Crippen MR) is 47.6 cm³/mol. The van der Waals surface area contributed by atoms with Gasteiger partial charge in [-0.2, -0.15) is 0 Å². The number of hydrogen-bond acceptors (Lipinski definition) is 1. The summed E-state index contributed by atoms with van der Waals surface area (Å²) < 4.78 is 4.50. The van der Waals surface area contributed by atoms with E-state index in [1.165, 1.54) is 25.7 Å². The van der Waals surface area contributed by atoms with E-state index in [1.807, 2.05) is 0 Å². The smallest absolute Gasteiger partial charge is 0.0701 e. The first-order valence-electron chi connectivity index (χ1n) is 3.74. The summed E-state index contributed by atoms with van der Waals surface area (Å²) in [7, 11) is 0. The van der Waals surface area contributed by atoms with Gasteiger partial charge in [-0.05, 0) is 36.6 Å². The van der Waals surface area contributed by atoms with Gasteiger partial charge in [-0.25, -0.2) is 0 Å². The minimum atomic E-state index is 0. The van der Waals surface area contributed by atoms with Gasteiger partial charge in [-0.15, -0.1) is 0 Å². The fourth-order valence-corrected chi connectivity index (χ4v) is 1.26. The molecule has 0 spiro atoms. The second kappa shape index (κ2) is 3.35. The van der Waals surface area contributed by atoms with Crippen LogP contribution < -0.4 is 0 Å². The predicted octanol–water partition coefficient (Wildman–Crippen LogP) is 0.436. The van der Waals surface area contributed by atoms with E-state index in [-0.39, 0.29) is 11.0 Å². The van der Waals surface area contributed by atoms with Gasteiger partial charge < -0.3 is 4.74 Å². The zero-order valence-electron chi connectivity index (χ0n) is 5.65. The summed E-state index contributed by atoms with van der Waals surface area (Å²) in [5, 5.41) is 0. The summed E-state index contributed by atoms with van der Waals surface area (Å²) in [6.07, 6.45) is 5.76. The lowest BCUT2D eigenvalue weighted by Gasteiger charge is -1.85. The van der Waals surface area contributed by atoms with Crippen molar-refractivity contribution in [3.63, 3.8) is 0 Å². The van der Waals surface area contributed by atoms with Crippen molar-refractivity contribution in [3.8, 4) is 0 Å². The van der Waals surface area contributed by atoms with Crippen molar-refractivity contribution in [2.75, 3.05) is 13.2 Å². The fourth-order valence-electron chi connectivity index (χ4n) is 1.26. The van der Waals surface area contributed by atoms with E-state index < -0.39 is 0 Å². The number of rotatable bonds is 0. The Balaban J connectivity index is 0.000000109. The molecular weight excluding hydrogens is 140 g/mol. The Morgan fingerprint density at radius 3 is 1.60 bits per heavy atom. The van der Waals surface area contributed by atoms with Crippen LogP contribution in [-0.2, 0) is 4.74 Å². The molecule has 0 saturated carbocycles. The summed E-state index contributed by atoms with van der Waals surface area (Å²) in [4.78, 5) is 0. The molecule has 0 atom stereocenters. The molecule has 0 aromatic carbocycles. The Labute approximate surface area is 66.5 Å². The molecular formula is C8H16OSi. The minimum Gasteiger partial charge on any atom is -0.377 e. The molecule has 0 aromatic rings. The maximum Gasteiger partial charge on any atom is 0.0701 e.